The van der Waals surface area contributed by atoms with E-state index in [4.69, 9.17) is 0 Å². The number of carbonyl (C=O) groups excluding carboxylic acids is 6. The Morgan fingerprint density at radius 1 is 0.512 bits per heavy atom. The average molecular weight is 586 g/mol. The lowest BCUT2D eigenvalue weighted by atomic mass is 10.1. The van der Waals surface area contributed by atoms with E-state index in [1.54, 1.807) is 77.7 Å². The van der Waals surface area contributed by atoms with E-state index in [1.807, 2.05) is 0 Å². The quantitative estimate of drug-likeness (QED) is 0.178. The minimum absolute atomic E-state index is 0.0976. The zero-order valence-electron chi connectivity index (χ0n) is 24.4. The monoisotopic (exact) mass is 585 g/mol. The van der Waals surface area contributed by atoms with Crippen molar-refractivity contribution in [1.82, 2.24) is 26.2 Å². The van der Waals surface area contributed by atoms with Crippen LogP contribution in [0.1, 0.15) is 75.5 Å². The Labute approximate surface area is 250 Å². The minimum atomic E-state index is -0.341. The standard InChI is InChI=1S/C32H35N5O6/c1-21(38)22-5-7-25(8-6-22)31(42)36-18-20-37(32(43)27-15-13-24(14-16-27)29(40)34-3)19-4-17-35-30(41)26-11-9-23(10-12-26)28(39)33-2/h5-16H,4,17-20H2,1-3H3,(H,33,39)(H,34,40)(H,35,41)(H,36,42). The highest BCUT2D eigenvalue weighted by molar-refractivity contribution is 5.99. The van der Waals surface area contributed by atoms with Gasteiger partial charge in [0.25, 0.3) is 29.5 Å². The van der Waals surface area contributed by atoms with E-state index in [9.17, 15) is 28.8 Å². The lowest BCUT2D eigenvalue weighted by Gasteiger charge is -2.23. The number of nitrogens with zero attached hydrogens (tertiary/aromatic N) is 1. The molecule has 0 saturated carbocycles. The number of hydrogen-bond acceptors (Lipinski definition) is 6. The number of Topliss-reactive ketones (excluding diaryl/α,β-unsaturated/α-hetero) is 1. The molecule has 3 rings (SSSR count). The van der Waals surface area contributed by atoms with Crippen molar-refractivity contribution in [2.75, 3.05) is 40.3 Å². The molecule has 11 nitrogen and oxygen atoms in total. The van der Waals surface area contributed by atoms with Gasteiger partial charge < -0.3 is 26.2 Å². The molecule has 43 heavy (non-hydrogen) atoms. The van der Waals surface area contributed by atoms with Gasteiger partial charge in [0.2, 0.25) is 0 Å². The number of rotatable bonds is 13. The largest absolute Gasteiger partial charge is 0.355 e. The number of amides is 5. The molecule has 0 spiro atoms. The Balaban J connectivity index is 1.61. The normalized spacial score (nSPS) is 10.3. The molecule has 0 unspecified atom stereocenters. The maximum atomic E-state index is 13.4. The Hall–Kier alpha value is -5.32. The van der Waals surface area contributed by atoms with Crippen LogP contribution in [0.5, 0.6) is 0 Å². The first-order valence-corrected chi connectivity index (χ1v) is 13.8. The van der Waals surface area contributed by atoms with Gasteiger partial charge in [-0.1, -0.05) is 12.1 Å². The first kappa shape index (κ1) is 32.2. The lowest BCUT2D eigenvalue weighted by Crippen LogP contribution is -2.40. The molecule has 0 aliphatic carbocycles. The highest BCUT2D eigenvalue weighted by Crippen LogP contribution is 2.10. The molecule has 3 aromatic carbocycles. The molecule has 5 amide bonds. The second-order valence-electron chi connectivity index (χ2n) is 9.60. The molecule has 0 aliphatic rings. The maximum Gasteiger partial charge on any atom is 0.253 e. The fourth-order valence-electron chi connectivity index (χ4n) is 4.16. The van der Waals surface area contributed by atoms with Gasteiger partial charge in [0.15, 0.2) is 5.78 Å². The summed E-state index contributed by atoms with van der Waals surface area (Å²) in [6.45, 7) is 2.38. The third kappa shape index (κ3) is 9.09. The van der Waals surface area contributed by atoms with Crippen LogP contribution in [-0.2, 0) is 0 Å². The molecule has 0 saturated heterocycles. The number of ketones is 1. The van der Waals surface area contributed by atoms with Gasteiger partial charge in [0.05, 0.1) is 0 Å². The summed E-state index contributed by atoms with van der Waals surface area (Å²) in [6, 6.07) is 18.8. The summed E-state index contributed by atoms with van der Waals surface area (Å²) in [4.78, 5) is 75.2. The summed E-state index contributed by atoms with van der Waals surface area (Å²) in [5.41, 5.74) is 2.52. The van der Waals surface area contributed by atoms with Crippen molar-refractivity contribution in [3.63, 3.8) is 0 Å². The van der Waals surface area contributed by atoms with Crippen molar-refractivity contribution < 1.29 is 28.8 Å². The molecule has 0 bridgehead atoms. The van der Waals surface area contributed by atoms with E-state index in [-0.39, 0.29) is 61.5 Å². The zero-order valence-corrected chi connectivity index (χ0v) is 24.4. The molecule has 4 N–H and O–H groups in total. The average Bonchev–Trinajstić information content (AvgIpc) is 3.04. The van der Waals surface area contributed by atoms with Crippen LogP contribution in [0, 0.1) is 0 Å². The highest BCUT2D eigenvalue weighted by Gasteiger charge is 2.17. The highest BCUT2D eigenvalue weighted by atomic mass is 16.2. The first-order valence-electron chi connectivity index (χ1n) is 13.8. The summed E-state index contributed by atoms with van der Waals surface area (Å²) in [7, 11) is 3.05. The topological polar surface area (TPSA) is 154 Å². The maximum absolute atomic E-state index is 13.4. The molecule has 11 heteroatoms. The summed E-state index contributed by atoms with van der Waals surface area (Å²) in [5.74, 6) is -1.56. The summed E-state index contributed by atoms with van der Waals surface area (Å²) in [6.07, 6.45) is 0.435. The van der Waals surface area contributed by atoms with E-state index in [2.05, 4.69) is 21.3 Å². The second-order valence-corrected chi connectivity index (χ2v) is 9.60. The van der Waals surface area contributed by atoms with Gasteiger partial charge in [-0.3, -0.25) is 28.8 Å². The van der Waals surface area contributed by atoms with Crippen LogP contribution < -0.4 is 21.3 Å². The Morgan fingerprint density at radius 3 is 1.30 bits per heavy atom. The molecule has 224 valence electrons. The molecule has 0 aromatic heterocycles. The predicted molar refractivity (Wildman–Crippen MR) is 161 cm³/mol. The predicted octanol–water partition coefficient (Wildman–Crippen LogP) is 2.30. The molecule has 0 atom stereocenters. The Kier molecular flexibility index (Phi) is 11.7. The smallest absolute Gasteiger partial charge is 0.253 e. The van der Waals surface area contributed by atoms with Crippen molar-refractivity contribution in [3.8, 4) is 0 Å². The van der Waals surface area contributed by atoms with E-state index >= 15 is 0 Å². The van der Waals surface area contributed by atoms with Gasteiger partial charge in [-0.2, -0.15) is 0 Å². The second kappa shape index (κ2) is 15.6. The fraction of sp³-hybridized carbons (Fsp3) is 0.250. The van der Waals surface area contributed by atoms with Gasteiger partial charge in [-0.25, -0.2) is 0 Å². The van der Waals surface area contributed by atoms with Crippen LogP contribution in [0.4, 0.5) is 0 Å². The van der Waals surface area contributed by atoms with Crippen LogP contribution in [0.15, 0.2) is 72.8 Å². The van der Waals surface area contributed by atoms with Gasteiger partial charge in [-0.05, 0) is 74.0 Å². The molecular weight excluding hydrogens is 550 g/mol. The third-order valence-corrected chi connectivity index (χ3v) is 6.66. The van der Waals surface area contributed by atoms with E-state index in [0.717, 1.165) is 0 Å². The molecule has 0 aliphatic heterocycles. The number of benzene rings is 3. The Morgan fingerprint density at radius 2 is 0.884 bits per heavy atom. The van der Waals surface area contributed by atoms with Crippen LogP contribution in [0.25, 0.3) is 0 Å². The van der Waals surface area contributed by atoms with E-state index in [0.29, 0.717) is 39.8 Å². The van der Waals surface area contributed by atoms with Gasteiger partial charge in [-0.15, -0.1) is 0 Å². The zero-order chi connectivity index (χ0) is 31.4. The lowest BCUT2D eigenvalue weighted by molar-refractivity contribution is 0.0745. The SMILES string of the molecule is CNC(=O)c1ccc(C(=O)NCCCN(CCNC(=O)c2ccc(C(C)=O)cc2)C(=O)c2ccc(C(=O)NC)cc2)cc1. The summed E-state index contributed by atoms with van der Waals surface area (Å²) < 4.78 is 0. The van der Waals surface area contributed by atoms with Crippen molar-refractivity contribution in [2.45, 2.75) is 13.3 Å². The van der Waals surface area contributed by atoms with Crippen molar-refractivity contribution >= 4 is 35.3 Å². The van der Waals surface area contributed by atoms with Crippen molar-refractivity contribution in [1.29, 1.82) is 0 Å². The molecule has 3 aromatic rings. The summed E-state index contributed by atoms with van der Waals surface area (Å²) in [5, 5.41) is 10.7. The van der Waals surface area contributed by atoms with E-state index in [1.165, 1.54) is 21.0 Å². The Bertz CT molecular complexity index is 1470. The van der Waals surface area contributed by atoms with Crippen LogP contribution in [-0.4, -0.2) is 80.5 Å². The molecule has 0 heterocycles. The minimum Gasteiger partial charge on any atom is -0.355 e. The van der Waals surface area contributed by atoms with Crippen LogP contribution in [0.3, 0.4) is 0 Å². The summed E-state index contributed by atoms with van der Waals surface area (Å²) >= 11 is 0. The van der Waals surface area contributed by atoms with Crippen molar-refractivity contribution in [3.05, 3.63) is 106 Å². The van der Waals surface area contributed by atoms with Crippen LogP contribution >= 0.6 is 0 Å². The van der Waals surface area contributed by atoms with Gasteiger partial charge in [0.1, 0.15) is 0 Å². The third-order valence-electron chi connectivity index (χ3n) is 6.66. The molecule has 0 fully saturated rings. The number of carbonyl (C=O) groups is 6. The fourth-order valence-corrected chi connectivity index (χ4v) is 4.16. The van der Waals surface area contributed by atoms with Gasteiger partial charge >= 0.3 is 0 Å². The number of nitrogens with one attached hydrogen (secondary N) is 4. The molecular formula is C32H35N5O6. The van der Waals surface area contributed by atoms with E-state index < -0.39 is 0 Å². The number of hydrogen-bond donors (Lipinski definition) is 4. The van der Waals surface area contributed by atoms with Crippen LogP contribution in [0.2, 0.25) is 0 Å². The first-order chi connectivity index (χ1) is 20.6. The van der Waals surface area contributed by atoms with Crippen molar-refractivity contribution in [2.24, 2.45) is 0 Å². The van der Waals surface area contributed by atoms with Gasteiger partial charge in [0, 0.05) is 73.7 Å². The molecule has 0 radical (unpaired) electrons.